The average Bonchev–Trinajstić information content (AvgIpc) is 3.44. The van der Waals surface area contributed by atoms with Gasteiger partial charge in [-0.15, -0.1) is 0 Å². The summed E-state index contributed by atoms with van der Waals surface area (Å²) in [6, 6.07) is 0.632. The lowest BCUT2D eigenvalue weighted by Crippen LogP contribution is -2.60. The van der Waals surface area contributed by atoms with Crippen molar-refractivity contribution in [3.8, 4) is 0 Å². The Morgan fingerprint density at radius 2 is 2.17 bits per heavy atom. The van der Waals surface area contributed by atoms with Gasteiger partial charge in [0.2, 0.25) is 5.91 Å². The molecule has 0 saturated carbocycles. The highest BCUT2D eigenvalue weighted by atomic mass is 16.5. The Labute approximate surface area is 170 Å². The number of aromatic amines is 1. The van der Waals surface area contributed by atoms with E-state index in [0.717, 1.165) is 70.7 Å². The van der Waals surface area contributed by atoms with Crippen LogP contribution in [0.2, 0.25) is 0 Å². The second-order valence-electron chi connectivity index (χ2n) is 8.63. The first-order valence-corrected chi connectivity index (χ1v) is 10.7. The zero-order valence-electron chi connectivity index (χ0n) is 16.7. The monoisotopic (exact) mass is 399 g/mol. The molecule has 3 fully saturated rings. The number of hydrogen-bond acceptors (Lipinski definition) is 6. The summed E-state index contributed by atoms with van der Waals surface area (Å²) < 4.78 is 8.15. The fourth-order valence-corrected chi connectivity index (χ4v) is 5.48. The summed E-state index contributed by atoms with van der Waals surface area (Å²) >= 11 is 0. The highest BCUT2D eigenvalue weighted by molar-refractivity contribution is 5.77. The molecule has 9 heteroatoms. The lowest BCUT2D eigenvalue weighted by molar-refractivity contribution is -0.163. The topological polar surface area (TPSA) is 92.2 Å². The molecular formula is C20H29N7O2. The van der Waals surface area contributed by atoms with E-state index in [1.54, 1.807) is 17.2 Å². The maximum atomic E-state index is 13.0. The van der Waals surface area contributed by atoms with E-state index in [0.29, 0.717) is 18.5 Å². The summed E-state index contributed by atoms with van der Waals surface area (Å²) in [7, 11) is 0. The maximum absolute atomic E-state index is 13.0. The normalized spacial score (nSPS) is 29.6. The molecule has 0 aliphatic carbocycles. The van der Waals surface area contributed by atoms with E-state index in [9.17, 15) is 4.79 Å². The number of morpholine rings is 1. The second-order valence-corrected chi connectivity index (χ2v) is 8.63. The summed E-state index contributed by atoms with van der Waals surface area (Å²) in [5.41, 5.74) is -0.117. The van der Waals surface area contributed by atoms with E-state index in [2.05, 4.69) is 29.9 Å². The quantitative estimate of drug-likeness (QED) is 0.785. The van der Waals surface area contributed by atoms with Crippen LogP contribution in [0.3, 0.4) is 0 Å². The number of carbonyl (C=O) groups is 1. The number of carbonyl (C=O) groups excluding carboxylic acids is 1. The Kier molecular flexibility index (Phi) is 5.09. The Hall–Kier alpha value is -2.26. The molecular weight excluding hydrogens is 370 g/mol. The highest BCUT2D eigenvalue weighted by Gasteiger charge is 2.51. The molecule has 1 spiro atoms. The minimum absolute atomic E-state index is 0.117. The molecule has 156 valence electrons. The summed E-state index contributed by atoms with van der Waals surface area (Å²) in [6.07, 6.45) is 12.4. The predicted octanol–water partition coefficient (Wildman–Crippen LogP) is 1.21. The van der Waals surface area contributed by atoms with Crippen LogP contribution in [0.15, 0.2) is 25.0 Å². The largest absolute Gasteiger partial charge is 0.372 e. The van der Waals surface area contributed by atoms with Crippen LogP contribution in [0.25, 0.3) is 0 Å². The molecule has 29 heavy (non-hydrogen) atoms. The number of imidazole rings is 1. The van der Waals surface area contributed by atoms with Gasteiger partial charge in [-0.1, -0.05) is 0 Å². The number of fused-ring (bicyclic) bond motifs is 2. The molecule has 5 rings (SSSR count). The van der Waals surface area contributed by atoms with Crippen LogP contribution >= 0.6 is 0 Å². The van der Waals surface area contributed by atoms with Gasteiger partial charge in [-0.2, -0.15) is 5.10 Å². The molecule has 2 bridgehead atoms. The van der Waals surface area contributed by atoms with E-state index in [-0.39, 0.29) is 11.5 Å². The van der Waals surface area contributed by atoms with Crippen LogP contribution in [-0.2, 0) is 22.6 Å². The molecule has 1 amide bonds. The number of hydrogen-bond donors (Lipinski definition) is 1. The van der Waals surface area contributed by atoms with Crippen molar-refractivity contribution in [1.29, 1.82) is 0 Å². The van der Waals surface area contributed by atoms with Crippen molar-refractivity contribution in [2.24, 2.45) is 0 Å². The molecule has 3 aliphatic heterocycles. The number of aromatic nitrogens is 5. The number of ether oxygens (including phenoxy) is 1. The van der Waals surface area contributed by atoms with Crippen LogP contribution < -0.4 is 0 Å². The molecule has 2 aromatic rings. The molecule has 1 unspecified atom stereocenters. The summed E-state index contributed by atoms with van der Waals surface area (Å²) in [4.78, 5) is 29.1. The van der Waals surface area contributed by atoms with Crippen molar-refractivity contribution < 1.29 is 9.53 Å². The maximum Gasteiger partial charge on any atom is 0.223 e. The number of nitrogens with zero attached hydrogens (tertiary/aromatic N) is 6. The lowest BCUT2D eigenvalue weighted by Gasteiger charge is -2.50. The van der Waals surface area contributed by atoms with Crippen molar-refractivity contribution in [3.05, 3.63) is 30.9 Å². The third kappa shape index (κ3) is 3.93. The number of nitrogens with one attached hydrogen (secondary N) is 1. The fraction of sp³-hybridized carbons (Fsp3) is 0.700. The number of H-pyrrole nitrogens is 1. The number of rotatable bonds is 6. The van der Waals surface area contributed by atoms with Gasteiger partial charge in [0.05, 0.1) is 18.8 Å². The third-order valence-electron chi connectivity index (χ3n) is 6.62. The van der Waals surface area contributed by atoms with Gasteiger partial charge in [-0.25, -0.2) is 9.97 Å². The van der Waals surface area contributed by atoms with Crippen molar-refractivity contribution in [2.75, 3.05) is 19.7 Å². The molecule has 1 N–H and O–H groups in total. The van der Waals surface area contributed by atoms with E-state index in [1.807, 2.05) is 6.20 Å². The van der Waals surface area contributed by atoms with Crippen LogP contribution in [0.4, 0.5) is 0 Å². The minimum Gasteiger partial charge on any atom is -0.372 e. The molecule has 3 saturated heterocycles. The van der Waals surface area contributed by atoms with Crippen LogP contribution in [0.5, 0.6) is 0 Å². The van der Waals surface area contributed by atoms with Gasteiger partial charge in [0.25, 0.3) is 0 Å². The van der Waals surface area contributed by atoms with Crippen LogP contribution in [0.1, 0.15) is 44.3 Å². The molecule has 0 radical (unpaired) electrons. The zero-order chi connectivity index (χ0) is 19.7. The molecule has 2 aromatic heterocycles. The van der Waals surface area contributed by atoms with E-state index in [4.69, 9.17) is 4.74 Å². The van der Waals surface area contributed by atoms with Gasteiger partial charge in [0.1, 0.15) is 18.5 Å². The Balaban J connectivity index is 1.18. The number of aryl methyl sites for hydroxylation is 1. The van der Waals surface area contributed by atoms with Crippen molar-refractivity contribution in [2.45, 2.75) is 69.3 Å². The molecule has 3 aliphatic rings. The van der Waals surface area contributed by atoms with Crippen molar-refractivity contribution in [3.63, 3.8) is 0 Å². The van der Waals surface area contributed by atoms with Gasteiger partial charge in [0, 0.05) is 50.5 Å². The van der Waals surface area contributed by atoms with E-state index >= 15 is 0 Å². The van der Waals surface area contributed by atoms with Gasteiger partial charge in [-0.05, 0) is 32.1 Å². The van der Waals surface area contributed by atoms with Gasteiger partial charge < -0.3 is 14.6 Å². The molecule has 5 heterocycles. The molecule has 3 atom stereocenters. The minimum atomic E-state index is -0.117. The lowest BCUT2D eigenvalue weighted by atomic mass is 9.84. The zero-order valence-corrected chi connectivity index (χ0v) is 16.7. The van der Waals surface area contributed by atoms with Gasteiger partial charge in [-0.3, -0.25) is 14.4 Å². The number of piperidine rings is 1. The first kappa shape index (κ1) is 18.7. The van der Waals surface area contributed by atoms with Crippen LogP contribution in [0, 0.1) is 0 Å². The second kappa shape index (κ2) is 7.87. The first-order chi connectivity index (χ1) is 14.2. The van der Waals surface area contributed by atoms with Gasteiger partial charge in [0.15, 0.2) is 0 Å². The van der Waals surface area contributed by atoms with Gasteiger partial charge >= 0.3 is 0 Å². The third-order valence-corrected chi connectivity index (χ3v) is 6.62. The fourth-order valence-electron chi connectivity index (χ4n) is 5.48. The van der Waals surface area contributed by atoms with Crippen LogP contribution in [-0.4, -0.2) is 77.8 Å². The van der Waals surface area contributed by atoms with Crippen molar-refractivity contribution in [1.82, 2.24) is 34.5 Å². The average molecular weight is 399 g/mol. The van der Waals surface area contributed by atoms with E-state index in [1.165, 1.54) is 6.33 Å². The molecule has 0 aromatic carbocycles. The standard InChI is InChI=1S/C20H29N7O2/c28-19(2-1-7-26-15-21-14-24-26)27-16-3-4-17(27)11-20(10-16)13-25(8-9-29-20)12-18-22-5-6-23-18/h5-6,14-17H,1-4,7-13H2,(H,22,23)/t16-,17+,20?. The molecule has 9 nitrogen and oxygen atoms in total. The Morgan fingerprint density at radius 1 is 1.31 bits per heavy atom. The SMILES string of the molecule is O=C(CCCn1cncn1)N1[C@@H]2CC[C@H]1CC1(C2)CN(Cc2ncc[nH]2)CCO1. The smallest absolute Gasteiger partial charge is 0.223 e. The predicted molar refractivity (Wildman–Crippen MR) is 105 cm³/mol. The summed E-state index contributed by atoms with van der Waals surface area (Å²) in [5, 5.41) is 4.11. The Bertz CT molecular complexity index is 793. The summed E-state index contributed by atoms with van der Waals surface area (Å²) in [5.74, 6) is 1.29. The van der Waals surface area contributed by atoms with Crippen molar-refractivity contribution >= 4 is 5.91 Å². The summed E-state index contributed by atoms with van der Waals surface area (Å²) in [6.45, 7) is 4.19. The highest BCUT2D eigenvalue weighted by Crippen LogP contribution is 2.44. The first-order valence-electron chi connectivity index (χ1n) is 10.7. The Morgan fingerprint density at radius 3 is 2.90 bits per heavy atom. The number of amides is 1. The van der Waals surface area contributed by atoms with E-state index < -0.39 is 0 Å².